The molecule has 3 saturated carbocycles. The maximum absolute atomic E-state index is 9.89. The van der Waals surface area contributed by atoms with Crippen LogP contribution in [-0.4, -0.2) is 22.4 Å². The lowest BCUT2D eigenvalue weighted by Gasteiger charge is -2.37. The first kappa shape index (κ1) is 7.34. The second-order valence-corrected chi connectivity index (χ2v) is 4.94. The number of hydrogen-bond donors (Lipinski definition) is 2. The van der Waals surface area contributed by atoms with Crippen LogP contribution in [0.1, 0.15) is 25.7 Å². The van der Waals surface area contributed by atoms with Gasteiger partial charge < -0.3 is 10.2 Å². The summed E-state index contributed by atoms with van der Waals surface area (Å²) < 4.78 is 0. The van der Waals surface area contributed by atoms with Gasteiger partial charge in [-0.2, -0.15) is 0 Å². The zero-order chi connectivity index (χ0) is 8.29. The summed E-state index contributed by atoms with van der Waals surface area (Å²) in [6.45, 7) is 0. The lowest BCUT2D eigenvalue weighted by atomic mass is 9.71. The highest BCUT2D eigenvalue weighted by molar-refractivity contribution is 5.02. The van der Waals surface area contributed by atoms with Crippen LogP contribution in [0.3, 0.4) is 0 Å². The molecule has 3 fully saturated rings. The summed E-state index contributed by atoms with van der Waals surface area (Å²) in [5, 5.41) is 19.6. The number of rotatable bonds is 0. The highest BCUT2D eigenvalue weighted by Gasteiger charge is 2.52. The van der Waals surface area contributed by atoms with Gasteiger partial charge in [-0.3, -0.25) is 0 Å². The third-order valence-corrected chi connectivity index (χ3v) is 4.40. The highest BCUT2D eigenvalue weighted by Crippen LogP contribution is 2.54. The smallest absolute Gasteiger partial charge is 0.0600 e. The van der Waals surface area contributed by atoms with Crippen LogP contribution in [0.15, 0.2) is 0 Å². The molecule has 12 heavy (non-hydrogen) atoms. The molecule has 0 aromatic rings. The molecule has 0 radical (unpaired) electrons. The highest BCUT2D eigenvalue weighted by atomic mass is 16.3. The first-order valence-electron chi connectivity index (χ1n) is 5.12. The molecule has 0 aromatic heterocycles. The summed E-state index contributed by atoms with van der Waals surface area (Å²) in [6, 6.07) is 0. The Hall–Kier alpha value is -0.0800. The Morgan fingerprint density at radius 1 is 0.750 bits per heavy atom. The zero-order valence-electron chi connectivity index (χ0n) is 7.19. The van der Waals surface area contributed by atoms with Gasteiger partial charge in [0.15, 0.2) is 0 Å². The SMILES string of the molecule is OC1CC2C3CC1CC(C3)C2O. The van der Waals surface area contributed by atoms with Gasteiger partial charge in [0.25, 0.3) is 0 Å². The van der Waals surface area contributed by atoms with Crippen molar-refractivity contribution in [2.24, 2.45) is 23.7 Å². The largest absolute Gasteiger partial charge is 0.393 e. The summed E-state index contributed by atoms with van der Waals surface area (Å²) in [5.41, 5.74) is 0. The third-order valence-electron chi connectivity index (χ3n) is 4.40. The van der Waals surface area contributed by atoms with E-state index >= 15 is 0 Å². The fourth-order valence-corrected chi connectivity index (χ4v) is 3.83. The normalized spacial score (nSPS) is 62.5. The second-order valence-electron chi connectivity index (χ2n) is 4.94. The molecular weight excluding hydrogens is 152 g/mol. The monoisotopic (exact) mass is 168 g/mol. The molecule has 0 amide bonds. The van der Waals surface area contributed by atoms with E-state index in [1.54, 1.807) is 0 Å². The van der Waals surface area contributed by atoms with E-state index in [2.05, 4.69) is 0 Å². The van der Waals surface area contributed by atoms with Gasteiger partial charge in [0.05, 0.1) is 12.2 Å². The van der Waals surface area contributed by atoms with Gasteiger partial charge >= 0.3 is 0 Å². The van der Waals surface area contributed by atoms with E-state index in [1.165, 1.54) is 12.8 Å². The van der Waals surface area contributed by atoms with Crippen LogP contribution in [-0.2, 0) is 0 Å². The van der Waals surface area contributed by atoms with Crippen LogP contribution in [0.4, 0.5) is 0 Å². The van der Waals surface area contributed by atoms with E-state index in [-0.39, 0.29) is 12.2 Å². The molecule has 3 aliphatic rings. The standard InChI is InChI=1S/C10H16O2/c11-9-4-8-5-1-6(9)3-7(2-5)10(8)12/h5-12H,1-4H2. The van der Waals surface area contributed by atoms with E-state index in [0.29, 0.717) is 17.8 Å². The zero-order valence-corrected chi connectivity index (χ0v) is 7.19. The quantitative estimate of drug-likeness (QED) is 0.561. The Labute approximate surface area is 72.6 Å². The molecule has 0 aromatic carbocycles. The first-order valence-corrected chi connectivity index (χ1v) is 5.12. The molecule has 0 spiro atoms. The minimum atomic E-state index is -0.105. The molecule has 0 saturated heterocycles. The van der Waals surface area contributed by atoms with Crippen molar-refractivity contribution in [1.29, 1.82) is 0 Å². The lowest BCUT2D eigenvalue weighted by Crippen LogP contribution is -2.34. The van der Waals surface area contributed by atoms with Crippen molar-refractivity contribution in [2.45, 2.75) is 37.9 Å². The van der Waals surface area contributed by atoms with Gasteiger partial charge in [-0.15, -0.1) is 0 Å². The van der Waals surface area contributed by atoms with Crippen LogP contribution < -0.4 is 0 Å². The van der Waals surface area contributed by atoms with Crippen molar-refractivity contribution >= 4 is 0 Å². The minimum Gasteiger partial charge on any atom is -0.393 e. The molecule has 0 heterocycles. The number of hydrogen-bond acceptors (Lipinski definition) is 2. The van der Waals surface area contributed by atoms with Gasteiger partial charge in [0.1, 0.15) is 0 Å². The van der Waals surface area contributed by atoms with Gasteiger partial charge in [-0.05, 0) is 49.4 Å². The molecule has 68 valence electrons. The lowest BCUT2D eigenvalue weighted by molar-refractivity contribution is 0.00599. The average Bonchev–Trinajstić information content (AvgIpc) is 2.23. The molecule has 3 rings (SSSR count). The van der Waals surface area contributed by atoms with Crippen LogP contribution in [0, 0.1) is 23.7 Å². The van der Waals surface area contributed by atoms with E-state index in [1.807, 2.05) is 0 Å². The summed E-state index contributed by atoms with van der Waals surface area (Å²) in [7, 11) is 0. The Morgan fingerprint density at radius 2 is 1.42 bits per heavy atom. The topological polar surface area (TPSA) is 40.5 Å². The van der Waals surface area contributed by atoms with Crippen molar-refractivity contribution in [1.82, 2.24) is 0 Å². The van der Waals surface area contributed by atoms with E-state index < -0.39 is 0 Å². The van der Waals surface area contributed by atoms with Crippen molar-refractivity contribution < 1.29 is 10.2 Å². The third kappa shape index (κ3) is 0.775. The molecule has 2 nitrogen and oxygen atoms in total. The molecule has 2 heteroatoms. The molecule has 6 unspecified atom stereocenters. The van der Waals surface area contributed by atoms with Crippen molar-refractivity contribution in [2.75, 3.05) is 0 Å². The molecular formula is C10H16O2. The predicted molar refractivity (Wildman–Crippen MR) is 44.4 cm³/mol. The summed E-state index contributed by atoms with van der Waals surface area (Å²) in [4.78, 5) is 0. The van der Waals surface area contributed by atoms with Crippen LogP contribution in [0.5, 0.6) is 0 Å². The maximum Gasteiger partial charge on any atom is 0.0600 e. The molecule has 2 N–H and O–H groups in total. The van der Waals surface area contributed by atoms with Crippen molar-refractivity contribution in [3.63, 3.8) is 0 Å². The van der Waals surface area contributed by atoms with Crippen molar-refractivity contribution in [3.05, 3.63) is 0 Å². The molecule has 6 atom stereocenters. The van der Waals surface area contributed by atoms with E-state index in [0.717, 1.165) is 18.8 Å². The fourth-order valence-electron chi connectivity index (χ4n) is 3.83. The van der Waals surface area contributed by atoms with Crippen LogP contribution in [0.2, 0.25) is 0 Å². The van der Waals surface area contributed by atoms with Gasteiger partial charge in [-0.25, -0.2) is 0 Å². The molecule has 0 aliphatic heterocycles. The maximum atomic E-state index is 9.89. The Balaban J connectivity index is 1.95. The Morgan fingerprint density at radius 3 is 2.25 bits per heavy atom. The number of aliphatic hydroxyl groups excluding tert-OH is 2. The Bertz CT molecular complexity index is 202. The fraction of sp³-hybridized carbons (Fsp3) is 1.00. The van der Waals surface area contributed by atoms with E-state index in [9.17, 15) is 10.2 Å². The molecule has 3 bridgehead atoms. The minimum absolute atomic E-state index is 0.0860. The van der Waals surface area contributed by atoms with Crippen molar-refractivity contribution in [3.8, 4) is 0 Å². The number of aliphatic hydroxyl groups is 2. The van der Waals surface area contributed by atoms with Gasteiger partial charge in [0.2, 0.25) is 0 Å². The predicted octanol–water partition coefficient (Wildman–Crippen LogP) is 0.774. The summed E-state index contributed by atoms with van der Waals surface area (Å²) in [6.07, 6.45) is 4.17. The van der Waals surface area contributed by atoms with Gasteiger partial charge in [0, 0.05) is 0 Å². The first-order chi connectivity index (χ1) is 5.75. The van der Waals surface area contributed by atoms with Crippen LogP contribution >= 0.6 is 0 Å². The Kier molecular flexibility index (Phi) is 1.37. The van der Waals surface area contributed by atoms with Gasteiger partial charge in [-0.1, -0.05) is 0 Å². The van der Waals surface area contributed by atoms with Crippen LogP contribution in [0.25, 0.3) is 0 Å². The average molecular weight is 168 g/mol. The summed E-state index contributed by atoms with van der Waals surface area (Å²) >= 11 is 0. The second kappa shape index (κ2) is 2.24. The number of fused-ring (bicyclic) bond motifs is 2. The molecule has 3 aliphatic carbocycles. The summed E-state index contributed by atoms with van der Waals surface area (Å²) in [5.74, 6) is 2.22. The van der Waals surface area contributed by atoms with E-state index in [4.69, 9.17) is 0 Å².